The summed E-state index contributed by atoms with van der Waals surface area (Å²) in [5, 5.41) is 0. The Morgan fingerprint density at radius 2 is 0.771 bits per heavy atom. The number of hydrogen-bond acceptors (Lipinski definition) is 2. The number of rotatable bonds is 15. The van der Waals surface area contributed by atoms with Crippen LogP contribution in [0, 0.1) is 0 Å². The highest BCUT2D eigenvalue weighted by Crippen LogP contribution is 2.17. The number of imidazole rings is 4. The Morgan fingerprint density at radius 1 is 0.396 bits per heavy atom. The van der Waals surface area contributed by atoms with E-state index in [0.717, 1.165) is 88.8 Å². The van der Waals surface area contributed by atoms with Gasteiger partial charge in [0.2, 0.25) is 12.7 Å². The fraction of sp³-hybridized carbons (Fsp3) is 0.300. The number of para-hydroxylation sites is 8. The first-order valence-electron chi connectivity index (χ1n) is 17.6. The SMILES string of the molecule is c1ccc2c(c1)ncn2CCCC[n+]1cn(CCCCn2c[n+](CCCCn3cnc4ccccc43)c3ccccc32)c2ccccc21. The summed E-state index contributed by atoms with van der Waals surface area (Å²) in [7, 11) is 0. The summed E-state index contributed by atoms with van der Waals surface area (Å²) in [5.41, 5.74) is 9.89. The highest BCUT2D eigenvalue weighted by molar-refractivity contribution is 5.76. The first-order chi connectivity index (χ1) is 23.8. The quantitative estimate of drug-likeness (QED) is 0.0876. The number of aromatic nitrogens is 8. The third-order valence-electron chi connectivity index (χ3n) is 9.76. The molecule has 8 heteroatoms. The number of benzene rings is 4. The molecule has 0 unspecified atom stereocenters. The minimum atomic E-state index is 0.997. The summed E-state index contributed by atoms with van der Waals surface area (Å²) < 4.78 is 14.4. The van der Waals surface area contributed by atoms with E-state index in [2.05, 4.69) is 147 Å². The first-order valence-corrected chi connectivity index (χ1v) is 17.6. The van der Waals surface area contributed by atoms with E-state index < -0.39 is 0 Å². The van der Waals surface area contributed by atoms with Crippen molar-refractivity contribution < 1.29 is 9.13 Å². The molecule has 48 heavy (non-hydrogen) atoms. The molecule has 0 bridgehead atoms. The highest BCUT2D eigenvalue weighted by atomic mass is 15.1. The summed E-state index contributed by atoms with van der Waals surface area (Å²) in [6.07, 6.45) is 15.4. The number of fused-ring (bicyclic) bond motifs is 4. The molecule has 0 atom stereocenters. The third-order valence-corrected chi connectivity index (χ3v) is 9.76. The highest BCUT2D eigenvalue weighted by Gasteiger charge is 2.17. The number of hydrogen-bond donors (Lipinski definition) is 0. The predicted octanol–water partition coefficient (Wildman–Crippen LogP) is 7.31. The Morgan fingerprint density at radius 3 is 1.25 bits per heavy atom. The maximum absolute atomic E-state index is 4.55. The van der Waals surface area contributed by atoms with Crippen molar-refractivity contribution in [2.45, 2.75) is 77.8 Å². The minimum Gasteiger partial charge on any atom is -0.331 e. The van der Waals surface area contributed by atoms with Crippen LogP contribution in [-0.2, 0) is 39.3 Å². The second kappa shape index (κ2) is 13.9. The zero-order chi connectivity index (χ0) is 32.1. The van der Waals surface area contributed by atoms with Crippen molar-refractivity contribution in [1.29, 1.82) is 0 Å². The van der Waals surface area contributed by atoms with Gasteiger partial charge in [0.25, 0.3) is 0 Å². The molecule has 8 rings (SSSR count). The summed E-state index contributed by atoms with van der Waals surface area (Å²) in [5.74, 6) is 0. The van der Waals surface area contributed by atoms with Crippen molar-refractivity contribution in [3.8, 4) is 0 Å². The number of nitrogens with zero attached hydrogens (tertiary/aromatic N) is 8. The van der Waals surface area contributed by atoms with Crippen LogP contribution in [0.5, 0.6) is 0 Å². The molecule has 0 N–H and O–H groups in total. The molecule has 0 amide bonds. The maximum Gasteiger partial charge on any atom is 0.244 e. The van der Waals surface area contributed by atoms with Crippen molar-refractivity contribution in [2.75, 3.05) is 0 Å². The number of unbranched alkanes of at least 4 members (excludes halogenated alkanes) is 3. The van der Waals surface area contributed by atoms with Crippen molar-refractivity contribution in [1.82, 2.24) is 28.2 Å². The van der Waals surface area contributed by atoms with Crippen LogP contribution in [0.15, 0.2) is 122 Å². The van der Waals surface area contributed by atoms with Crippen LogP contribution < -0.4 is 9.13 Å². The van der Waals surface area contributed by atoms with E-state index in [1.54, 1.807) is 0 Å². The normalized spacial score (nSPS) is 11.9. The van der Waals surface area contributed by atoms with Crippen LogP contribution in [0.25, 0.3) is 44.1 Å². The molecule has 4 aromatic heterocycles. The zero-order valence-corrected chi connectivity index (χ0v) is 27.6. The van der Waals surface area contributed by atoms with Crippen molar-refractivity contribution >= 4 is 44.1 Å². The Kier molecular flexibility index (Phi) is 8.69. The maximum atomic E-state index is 4.55. The molecule has 0 spiro atoms. The molecule has 0 saturated heterocycles. The van der Waals surface area contributed by atoms with Crippen molar-refractivity contribution in [2.24, 2.45) is 0 Å². The van der Waals surface area contributed by atoms with E-state index in [1.807, 2.05) is 12.7 Å². The average Bonchev–Trinajstić information content (AvgIpc) is 3.91. The van der Waals surface area contributed by atoms with Gasteiger partial charge in [-0.2, -0.15) is 0 Å². The van der Waals surface area contributed by atoms with Gasteiger partial charge in [-0.1, -0.05) is 48.5 Å². The summed E-state index contributed by atoms with van der Waals surface area (Å²) in [6, 6.07) is 34.5. The molecule has 4 aromatic carbocycles. The van der Waals surface area contributed by atoms with Gasteiger partial charge in [0.05, 0.1) is 60.9 Å². The fourth-order valence-electron chi connectivity index (χ4n) is 7.27. The standard InChI is InChI=1S/C40H44N8/c1-3-17-35-33(15-1)41-29-43(35)23-9-11-25-45-31-47(39-21-7-5-19-37(39)45)27-13-14-28-48-32-46(38-20-6-8-22-40(38)48)26-12-10-24-44-30-42-34-16-2-4-18-36(34)44/h1-8,15-22,29-32H,9-14,23-28H2/q+2. The lowest BCUT2D eigenvalue weighted by molar-refractivity contribution is -0.672. The van der Waals surface area contributed by atoms with Gasteiger partial charge < -0.3 is 9.13 Å². The van der Waals surface area contributed by atoms with Crippen LogP contribution in [0.1, 0.15) is 38.5 Å². The van der Waals surface area contributed by atoms with E-state index in [9.17, 15) is 0 Å². The summed E-state index contributed by atoms with van der Waals surface area (Å²) in [4.78, 5) is 9.10. The van der Waals surface area contributed by atoms with Crippen LogP contribution in [0.3, 0.4) is 0 Å². The second-order valence-electron chi connectivity index (χ2n) is 13.0. The van der Waals surface area contributed by atoms with Crippen molar-refractivity contribution in [3.63, 3.8) is 0 Å². The molecule has 0 radical (unpaired) electrons. The van der Waals surface area contributed by atoms with Gasteiger partial charge in [0.1, 0.15) is 0 Å². The van der Waals surface area contributed by atoms with E-state index in [-0.39, 0.29) is 0 Å². The molecule has 0 fully saturated rings. The smallest absolute Gasteiger partial charge is 0.244 e. The summed E-state index contributed by atoms with van der Waals surface area (Å²) in [6.45, 7) is 6.09. The largest absolute Gasteiger partial charge is 0.331 e. The Bertz CT molecular complexity index is 2120. The predicted molar refractivity (Wildman–Crippen MR) is 191 cm³/mol. The molecule has 8 aromatic rings. The van der Waals surface area contributed by atoms with Gasteiger partial charge in [-0.3, -0.25) is 0 Å². The van der Waals surface area contributed by atoms with Gasteiger partial charge in [-0.25, -0.2) is 28.2 Å². The average molecular weight is 637 g/mol. The third kappa shape index (κ3) is 6.22. The lowest BCUT2D eigenvalue weighted by Gasteiger charge is -2.03. The zero-order valence-electron chi connectivity index (χ0n) is 27.6. The lowest BCUT2D eigenvalue weighted by atomic mass is 10.2. The van der Waals surface area contributed by atoms with E-state index in [1.165, 1.54) is 33.1 Å². The molecule has 0 aliphatic carbocycles. The Balaban J connectivity index is 0.853. The monoisotopic (exact) mass is 636 g/mol. The van der Waals surface area contributed by atoms with Gasteiger partial charge in [-0.15, -0.1) is 0 Å². The summed E-state index contributed by atoms with van der Waals surface area (Å²) >= 11 is 0. The molecular weight excluding hydrogens is 592 g/mol. The molecule has 0 aliphatic rings. The van der Waals surface area contributed by atoms with Crippen LogP contribution in [-0.4, -0.2) is 28.2 Å². The minimum absolute atomic E-state index is 0.997. The molecule has 242 valence electrons. The molecule has 0 saturated carbocycles. The molecule has 0 aliphatic heterocycles. The van der Waals surface area contributed by atoms with Crippen molar-refractivity contribution in [3.05, 3.63) is 122 Å². The van der Waals surface area contributed by atoms with E-state index in [0.29, 0.717) is 0 Å². The van der Waals surface area contributed by atoms with E-state index >= 15 is 0 Å². The van der Waals surface area contributed by atoms with Gasteiger partial charge >= 0.3 is 0 Å². The van der Waals surface area contributed by atoms with Crippen LogP contribution in [0.2, 0.25) is 0 Å². The molecular formula is C40H44N8+2. The van der Waals surface area contributed by atoms with E-state index in [4.69, 9.17) is 0 Å². The molecule has 8 nitrogen and oxygen atoms in total. The Hall–Kier alpha value is -5.24. The lowest BCUT2D eigenvalue weighted by Crippen LogP contribution is -2.32. The Labute approximate surface area is 281 Å². The second-order valence-corrected chi connectivity index (χ2v) is 13.0. The van der Waals surface area contributed by atoms with Gasteiger partial charge in [0, 0.05) is 13.1 Å². The molecule has 4 heterocycles. The van der Waals surface area contributed by atoms with Crippen LogP contribution >= 0.6 is 0 Å². The number of aryl methyl sites for hydroxylation is 6. The first kappa shape index (κ1) is 30.1. The van der Waals surface area contributed by atoms with Gasteiger partial charge in [0.15, 0.2) is 22.1 Å². The fourth-order valence-corrected chi connectivity index (χ4v) is 7.27. The topological polar surface area (TPSA) is 53.3 Å². The van der Waals surface area contributed by atoms with Crippen LogP contribution in [0.4, 0.5) is 0 Å². The van der Waals surface area contributed by atoms with Gasteiger partial charge in [-0.05, 0) is 87.1 Å².